The van der Waals surface area contributed by atoms with Crippen LogP contribution in [0.3, 0.4) is 0 Å². The van der Waals surface area contributed by atoms with Gasteiger partial charge in [0.1, 0.15) is 17.1 Å². The lowest BCUT2D eigenvalue weighted by Gasteiger charge is -2.11. The molecule has 1 aromatic carbocycles. The lowest BCUT2D eigenvalue weighted by molar-refractivity contribution is 0.0950. The van der Waals surface area contributed by atoms with Gasteiger partial charge in [-0.3, -0.25) is 9.78 Å². The second-order valence-corrected chi connectivity index (χ2v) is 5.84. The molecule has 7 heteroatoms. The summed E-state index contributed by atoms with van der Waals surface area (Å²) < 4.78 is 17.5. The molecule has 3 aromatic heterocycles. The zero-order valence-corrected chi connectivity index (χ0v) is 14.3. The second kappa shape index (κ2) is 7.25. The monoisotopic (exact) mass is 361 g/mol. The SMILES string of the molecule is O=C(NCc1ccccn1)c1cnn(-c2ccccc2F)c1-n1cccc1. The van der Waals surface area contributed by atoms with Crippen LogP contribution in [0, 0.1) is 5.82 Å². The van der Waals surface area contributed by atoms with E-state index in [2.05, 4.69) is 15.4 Å². The molecule has 0 unspecified atom stereocenters. The minimum absolute atomic E-state index is 0.268. The molecule has 4 rings (SSSR count). The molecule has 1 N–H and O–H groups in total. The highest BCUT2D eigenvalue weighted by molar-refractivity contribution is 5.97. The highest BCUT2D eigenvalue weighted by Crippen LogP contribution is 2.21. The van der Waals surface area contributed by atoms with Crippen LogP contribution in [0.5, 0.6) is 0 Å². The molecule has 0 saturated heterocycles. The van der Waals surface area contributed by atoms with E-state index in [4.69, 9.17) is 0 Å². The molecular weight excluding hydrogens is 345 g/mol. The van der Waals surface area contributed by atoms with Gasteiger partial charge in [-0.1, -0.05) is 18.2 Å². The summed E-state index contributed by atoms with van der Waals surface area (Å²) in [7, 11) is 0. The van der Waals surface area contributed by atoms with Gasteiger partial charge >= 0.3 is 0 Å². The molecule has 0 bridgehead atoms. The number of carbonyl (C=O) groups is 1. The van der Waals surface area contributed by atoms with Gasteiger partial charge in [0.2, 0.25) is 0 Å². The molecule has 134 valence electrons. The number of nitrogens with one attached hydrogen (secondary N) is 1. The third-order valence-corrected chi connectivity index (χ3v) is 4.07. The number of benzene rings is 1. The van der Waals surface area contributed by atoms with Gasteiger partial charge in [-0.25, -0.2) is 9.07 Å². The van der Waals surface area contributed by atoms with Crippen LogP contribution in [0.15, 0.2) is 79.4 Å². The minimum atomic E-state index is -0.422. The Bertz CT molecular complexity index is 1060. The van der Waals surface area contributed by atoms with Crippen LogP contribution in [-0.2, 0) is 6.54 Å². The second-order valence-electron chi connectivity index (χ2n) is 5.84. The van der Waals surface area contributed by atoms with Crippen LogP contribution in [0.1, 0.15) is 16.1 Å². The number of carbonyl (C=O) groups excluding carboxylic acids is 1. The maximum absolute atomic E-state index is 14.3. The first-order valence-corrected chi connectivity index (χ1v) is 8.38. The topological polar surface area (TPSA) is 64.7 Å². The summed E-state index contributed by atoms with van der Waals surface area (Å²) in [6.07, 6.45) is 6.67. The van der Waals surface area contributed by atoms with Crippen molar-refractivity contribution in [1.29, 1.82) is 0 Å². The van der Waals surface area contributed by atoms with E-state index in [9.17, 15) is 9.18 Å². The van der Waals surface area contributed by atoms with Crippen molar-refractivity contribution in [3.63, 3.8) is 0 Å². The van der Waals surface area contributed by atoms with Crippen LogP contribution in [0.25, 0.3) is 11.5 Å². The van der Waals surface area contributed by atoms with Crippen molar-refractivity contribution >= 4 is 5.91 Å². The van der Waals surface area contributed by atoms with E-state index in [1.54, 1.807) is 41.4 Å². The van der Waals surface area contributed by atoms with Crippen molar-refractivity contribution in [3.05, 3.63) is 96.5 Å². The van der Waals surface area contributed by atoms with E-state index < -0.39 is 5.82 Å². The van der Waals surface area contributed by atoms with Gasteiger partial charge in [0.15, 0.2) is 5.82 Å². The molecular formula is C20H16FN5O. The summed E-state index contributed by atoms with van der Waals surface area (Å²) in [6.45, 7) is 0.287. The quantitative estimate of drug-likeness (QED) is 0.594. The highest BCUT2D eigenvalue weighted by Gasteiger charge is 2.21. The summed E-state index contributed by atoms with van der Waals surface area (Å²) in [5.74, 6) is -0.273. The maximum atomic E-state index is 14.3. The van der Waals surface area contributed by atoms with Crippen LogP contribution >= 0.6 is 0 Å². The molecule has 0 radical (unpaired) electrons. The van der Waals surface area contributed by atoms with E-state index in [0.29, 0.717) is 11.4 Å². The van der Waals surface area contributed by atoms with Gasteiger partial charge in [-0.05, 0) is 36.4 Å². The first-order chi connectivity index (χ1) is 13.2. The van der Waals surface area contributed by atoms with E-state index in [0.717, 1.165) is 5.69 Å². The Morgan fingerprint density at radius 3 is 2.56 bits per heavy atom. The third-order valence-electron chi connectivity index (χ3n) is 4.07. The zero-order valence-electron chi connectivity index (χ0n) is 14.3. The van der Waals surface area contributed by atoms with Gasteiger partial charge < -0.3 is 9.88 Å². The van der Waals surface area contributed by atoms with Gasteiger partial charge in [0.05, 0.1) is 18.4 Å². The average Bonchev–Trinajstić information content (AvgIpc) is 3.36. The number of rotatable bonds is 5. The Hall–Kier alpha value is -3.74. The number of hydrogen-bond donors (Lipinski definition) is 1. The normalized spacial score (nSPS) is 10.7. The molecule has 0 atom stereocenters. The Kier molecular flexibility index (Phi) is 4.49. The van der Waals surface area contributed by atoms with Gasteiger partial charge in [0.25, 0.3) is 5.91 Å². The molecule has 0 fully saturated rings. The molecule has 6 nitrogen and oxygen atoms in total. The van der Waals surface area contributed by atoms with Crippen LogP contribution in [-0.4, -0.2) is 25.2 Å². The van der Waals surface area contributed by atoms with Gasteiger partial charge in [-0.15, -0.1) is 0 Å². The number of halogens is 1. The van der Waals surface area contributed by atoms with E-state index in [1.165, 1.54) is 16.9 Å². The Morgan fingerprint density at radius 2 is 1.81 bits per heavy atom. The molecule has 0 aliphatic rings. The highest BCUT2D eigenvalue weighted by atomic mass is 19.1. The Balaban J connectivity index is 1.71. The fourth-order valence-electron chi connectivity index (χ4n) is 2.79. The van der Waals surface area contributed by atoms with E-state index in [-0.39, 0.29) is 18.1 Å². The molecule has 4 aromatic rings. The lowest BCUT2D eigenvalue weighted by Crippen LogP contribution is -2.24. The summed E-state index contributed by atoms with van der Waals surface area (Å²) in [4.78, 5) is 17.0. The fourth-order valence-corrected chi connectivity index (χ4v) is 2.79. The summed E-state index contributed by atoms with van der Waals surface area (Å²) >= 11 is 0. The molecule has 3 heterocycles. The smallest absolute Gasteiger partial charge is 0.257 e. The van der Waals surface area contributed by atoms with Gasteiger partial charge in [0, 0.05) is 18.6 Å². The number of amides is 1. The average molecular weight is 361 g/mol. The molecule has 0 aliphatic heterocycles. The minimum Gasteiger partial charge on any atom is -0.346 e. The predicted octanol–water partition coefficient (Wildman–Crippen LogP) is 3.13. The number of nitrogens with zero attached hydrogens (tertiary/aromatic N) is 4. The predicted molar refractivity (Wildman–Crippen MR) is 98.3 cm³/mol. The molecule has 0 spiro atoms. The third kappa shape index (κ3) is 3.35. The van der Waals surface area contributed by atoms with E-state index >= 15 is 0 Å². The Morgan fingerprint density at radius 1 is 1.04 bits per heavy atom. The molecule has 27 heavy (non-hydrogen) atoms. The Labute approximate surface area is 154 Å². The van der Waals surface area contributed by atoms with Crippen LogP contribution in [0.2, 0.25) is 0 Å². The molecule has 0 aliphatic carbocycles. The summed E-state index contributed by atoms with van der Waals surface area (Å²) in [5, 5.41) is 7.09. The van der Waals surface area contributed by atoms with Crippen LogP contribution < -0.4 is 5.32 Å². The van der Waals surface area contributed by atoms with Gasteiger partial charge in [-0.2, -0.15) is 5.10 Å². The van der Waals surface area contributed by atoms with E-state index in [1.807, 2.05) is 30.3 Å². The number of aromatic nitrogens is 4. The van der Waals surface area contributed by atoms with Crippen LogP contribution in [0.4, 0.5) is 4.39 Å². The van der Waals surface area contributed by atoms with Crippen molar-refractivity contribution in [3.8, 4) is 11.5 Å². The molecule has 1 amide bonds. The van der Waals surface area contributed by atoms with Crippen molar-refractivity contribution in [1.82, 2.24) is 24.6 Å². The summed E-state index contributed by atoms with van der Waals surface area (Å²) in [6, 6.07) is 15.5. The van der Waals surface area contributed by atoms with Crippen molar-refractivity contribution in [2.45, 2.75) is 6.54 Å². The first-order valence-electron chi connectivity index (χ1n) is 8.38. The number of para-hydroxylation sites is 1. The lowest BCUT2D eigenvalue weighted by atomic mass is 10.2. The standard InChI is InChI=1S/C20H16FN5O/c21-17-8-1-2-9-18(17)26-20(25-11-5-6-12-25)16(14-24-26)19(27)23-13-15-7-3-4-10-22-15/h1-12,14H,13H2,(H,23,27). The number of hydrogen-bond acceptors (Lipinski definition) is 3. The van der Waals surface area contributed by atoms with Crippen molar-refractivity contribution in [2.24, 2.45) is 0 Å². The maximum Gasteiger partial charge on any atom is 0.257 e. The zero-order chi connectivity index (χ0) is 18.6. The fraction of sp³-hybridized carbons (Fsp3) is 0.0500. The largest absolute Gasteiger partial charge is 0.346 e. The summed E-state index contributed by atoms with van der Waals surface area (Å²) in [5.41, 5.74) is 1.35. The van der Waals surface area contributed by atoms with Crippen molar-refractivity contribution in [2.75, 3.05) is 0 Å². The van der Waals surface area contributed by atoms with Crippen molar-refractivity contribution < 1.29 is 9.18 Å². The number of pyridine rings is 1. The molecule has 0 saturated carbocycles. The first kappa shape index (κ1) is 16.7.